The number of carbonyl (C=O) groups is 2. The van der Waals surface area contributed by atoms with Crippen molar-refractivity contribution in [1.82, 2.24) is 4.90 Å². The molecule has 2 fully saturated rings. The molecule has 5 nitrogen and oxygen atoms in total. The van der Waals surface area contributed by atoms with E-state index in [1.165, 1.54) is 0 Å². The second kappa shape index (κ2) is 4.64. The highest BCUT2D eigenvalue weighted by molar-refractivity contribution is 5.73. The Balaban J connectivity index is 1.88. The van der Waals surface area contributed by atoms with Crippen molar-refractivity contribution in [1.29, 1.82) is 0 Å². The Labute approximate surface area is 101 Å². The Bertz CT molecular complexity index is 277. The molecule has 0 aliphatic carbocycles. The molecule has 5 heteroatoms. The lowest BCUT2D eigenvalue weighted by atomic mass is 9.73. The summed E-state index contributed by atoms with van der Waals surface area (Å²) in [5.41, 5.74) is 0.109. The van der Waals surface area contributed by atoms with Gasteiger partial charge in [-0.15, -0.1) is 0 Å². The number of carbonyl (C=O) groups excluding carboxylic acids is 1. The van der Waals surface area contributed by atoms with Crippen molar-refractivity contribution < 1.29 is 19.4 Å². The summed E-state index contributed by atoms with van der Waals surface area (Å²) in [6.45, 7) is 3.67. The summed E-state index contributed by atoms with van der Waals surface area (Å²) >= 11 is 0. The van der Waals surface area contributed by atoms with Gasteiger partial charge in [0.05, 0.1) is 6.61 Å². The van der Waals surface area contributed by atoms with Gasteiger partial charge in [0.15, 0.2) is 6.10 Å². The molecule has 2 rings (SSSR count). The number of nitrogens with zero attached hydrogens (tertiary/aromatic N) is 1. The van der Waals surface area contributed by atoms with Gasteiger partial charge < -0.3 is 14.7 Å². The van der Waals surface area contributed by atoms with Gasteiger partial charge in [0, 0.05) is 20.0 Å². The van der Waals surface area contributed by atoms with Gasteiger partial charge in [0.25, 0.3) is 0 Å². The molecule has 1 spiro atoms. The maximum Gasteiger partial charge on any atom is 0.332 e. The Hall–Kier alpha value is -1.10. The predicted molar refractivity (Wildman–Crippen MR) is 60.5 cm³/mol. The van der Waals surface area contributed by atoms with E-state index in [-0.39, 0.29) is 11.3 Å². The molecule has 0 saturated carbocycles. The van der Waals surface area contributed by atoms with Gasteiger partial charge in [-0.25, -0.2) is 4.79 Å². The van der Waals surface area contributed by atoms with Crippen LogP contribution in [0.5, 0.6) is 0 Å². The lowest BCUT2D eigenvalue weighted by Crippen LogP contribution is -2.48. The van der Waals surface area contributed by atoms with Crippen LogP contribution in [0.3, 0.4) is 0 Å². The minimum Gasteiger partial charge on any atom is -0.479 e. The highest BCUT2D eigenvalue weighted by Gasteiger charge is 2.40. The van der Waals surface area contributed by atoms with Crippen LogP contribution in [-0.4, -0.2) is 47.7 Å². The molecule has 0 aromatic rings. The average Bonchev–Trinajstić information content (AvgIpc) is 2.30. The molecule has 1 N–H and O–H groups in total. The minimum absolute atomic E-state index is 0.109. The fourth-order valence-electron chi connectivity index (χ4n) is 2.76. The molecule has 17 heavy (non-hydrogen) atoms. The number of carboxylic acids is 1. The maximum absolute atomic E-state index is 11.2. The quantitative estimate of drug-likeness (QED) is 0.740. The lowest BCUT2D eigenvalue weighted by molar-refractivity contribution is -0.162. The molecule has 2 saturated heterocycles. The summed E-state index contributed by atoms with van der Waals surface area (Å²) in [6.07, 6.45) is 2.72. The van der Waals surface area contributed by atoms with Crippen molar-refractivity contribution in [3.63, 3.8) is 0 Å². The molecule has 1 atom stereocenters. The molecule has 2 aliphatic rings. The molecule has 0 bridgehead atoms. The van der Waals surface area contributed by atoms with Crippen molar-refractivity contribution in [2.24, 2.45) is 5.41 Å². The smallest absolute Gasteiger partial charge is 0.332 e. The Morgan fingerprint density at radius 2 is 1.94 bits per heavy atom. The molecule has 0 aromatic heterocycles. The first kappa shape index (κ1) is 12.4. The van der Waals surface area contributed by atoms with E-state index in [1.54, 1.807) is 6.92 Å². The van der Waals surface area contributed by atoms with E-state index in [0.29, 0.717) is 13.0 Å². The van der Waals surface area contributed by atoms with E-state index in [4.69, 9.17) is 9.84 Å². The molecule has 2 heterocycles. The molecule has 0 aromatic carbocycles. The van der Waals surface area contributed by atoms with E-state index in [9.17, 15) is 9.59 Å². The van der Waals surface area contributed by atoms with Crippen LogP contribution in [0, 0.1) is 5.41 Å². The van der Waals surface area contributed by atoms with Crippen molar-refractivity contribution in [2.75, 3.05) is 19.7 Å². The SMILES string of the molecule is CC(=O)N1CCC2(CCC(C(=O)O)OC2)CC1. The zero-order valence-electron chi connectivity index (χ0n) is 10.1. The summed E-state index contributed by atoms with van der Waals surface area (Å²) in [7, 11) is 0. The van der Waals surface area contributed by atoms with Crippen LogP contribution >= 0.6 is 0 Å². The molecule has 1 unspecified atom stereocenters. The normalized spacial score (nSPS) is 28.1. The van der Waals surface area contributed by atoms with Crippen LogP contribution in [0.2, 0.25) is 0 Å². The third kappa shape index (κ3) is 2.60. The number of hydrogen-bond acceptors (Lipinski definition) is 3. The second-order valence-electron chi connectivity index (χ2n) is 5.18. The monoisotopic (exact) mass is 241 g/mol. The van der Waals surface area contributed by atoms with Gasteiger partial charge in [-0.2, -0.15) is 0 Å². The third-order valence-corrected chi connectivity index (χ3v) is 4.07. The van der Waals surface area contributed by atoms with E-state index in [2.05, 4.69) is 0 Å². The van der Waals surface area contributed by atoms with E-state index >= 15 is 0 Å². The molecule has 0 radical (unpaired) electrons. The minimum atomic E-state index is -0.860. The predicted octanol–water partition coefficient (Wildman–Crippen LogP) is 0.879. The maximum atomic E-state index is 11.2. The van der Waals surface area contributed by atoms with Crippen molar-refractivity contribution in [3.05, 3.63) is 0 Å². The van der Waals surface area contributed by atoms with Crippen molar-refractivity contribution >= 4 is 11.9 Å². The zero-order chi connectivity index (χ0) is 12.5. The fraction of sp³-hybridized carbons (Fsp3) is 0.833. The number of amides is 1. The van der Waals surface area contributed by atoms with Gasteiger partial charge in [-0.05, 0) is 31.1 Å². The molecule has 96 valence electrons. The third-order valence-electron chi connectivity index (χ3n) is 4.07. The number of piperidine rings is 1. The van der Waals surface area contributed by atoms with Crippen molar-refractivity contribution in [2.45, 2.75) is 38.7 Å². The largest absolute Gasteiger partial charge is 0.479 e. The number of ether oxygens (including phenoxy) is 1. The van der Waals surface area contributed by atoms with Crippen LogP contribution in [0.1, 0.15) is 32.6 Å². The second-order valence-corrected chi connectivity index (χ2v) is 5.18. The average molecular weight is 241 g/mol. The first-order chi connectivity index (χ1) is 8.02. The highest BCUT2D eigenvalue weighted by Crippen LogP contribution is 2.40. The summed E-state index contributed by atoms with van der Waals surface area (Å²) in [5.74, 6) is -0.735. The summed E-state index contributed by atoms with van der Waals surface area (Å²) < 4.78 is 5.43. The van der Waals surface area contributed by atoms with E-state index < -0.39 is 12.1 Å². The molecular weight excluding hydrogens is 222 g/mol. The van der Waals surface area contributed by atoms with Crippen LogP contribution in [-0.2, 0) is 14.3 Å². The highest BCUT2D eigenvalue weighted by atomic mass is 16.5. The Morgan fingerprint density at radius 1 is 1.29 bits per heavy atom. The van der Waals surface area contributed by atoms with Gasteiger partial charge in [-0.3, -0.25) is 4.79 Å². The number of rotatable bonds is 1. The summed E-state index contributed by atoms with van der Waals surface area (Å²) in [6, 6.07) is 0. The topological polar surface area (TPSA) is 66.8 Å². The summed E-state index contributed by atoms with van der Waals surface area (Å²) in [4.78, 5) is 23.9. The number of hydrogen-bond donors (Lipinski definition) is 1. The van der Waals surface area contributed by atoms with Crippen LogP contribution < -0.4 is 0 Å². The van der Waals surface area contributed by atoms with Crippen LogP contribution in [0.15, 0.2) is 0 Å². The van der Waals surface area contributed by atoms with Gasteiger partial charge >= 0.3 is 5.97 Å². The number of likely N-dealkylation sites (tertiary alicyclic amines) is 1. The first-order valence-corrected chi connectivity index (χ1v) is 6.12. The summed E-state index contributed by atoms with van der Waals surface area (Å²) in [5, 5.41) is 8.86. The number of carboxylic acid groups (broad SMARTS) is 1. The molecule has 2 aliphatic heterocycles. The van der Waals surface area contributed by atoms with Crippen molar-refractivity contribution in [3.8, 4) is 0 Å². The van der Waals surface area contributed by atoms with Gasteiger partial charge in [-0.1, -0.05) is 0 Å². The standard InChI is InChI=1S/C12H19NO4/c1-9(14)13-6-4-12(5-7-13)3-2-10(11(15)16)17-8-12/h10H,2-8H2,1H3,(H,15,16). The lowest BCUT2D eigenvalue weighted by Gasteiger charge is -2.44. The molecular formula is C12H19NO4. The first-order valence-electron chi connectivity index (χ1n) is 6.12. The van der Waals surface area contributed by atoms with Crippen LogP contribution in [0.4, 0.5) is 0 Å². The van der Waals surface area contributed by atoms with Crippen LogP contribution in [0.25, 0.3) is 0 Å². The Morgan fingerprint density at radius 3 is 2.35 bits per heavy atom. The fourth-order valence-corrected chi connectivity index (χ4v) is 2.76. The Kier molecular flexibility index (Phi) is 3.38. The van der Waals surface area contributed by atoms with Gasteiger partial charge in [0.2, 0.25) is 5.91 Å². The van der Waals surface area contributed by atoms with E-state index in [1.807, 2.05) is 4.90 Å². The number of aliphatic carboxylic acids is 1. The zero-order valence-corrected chi connectivity index (χ0v) is 10.1. The van der Waals surface area contributed by atoms with E-state index in [0.717, 1.165) is 32.4 Å². The molecule has 1 amide bonds. The van der Waals surface area contributed by atoms with Gasteiger partial charge in [0.1, 0.15) is 0 Å².